The predicted molar refractivity (Wildman–Crippen MR) is 69.5 cm³/mol. The van der Waals surface area contributed by atoms with Gasteiger partial charge in [0.15, 0.2) is 0 Å². The highest BCUT2D eigenvalue weighted by molar-refractivity contribution is 5.65. The Morgan fingerprint density at radius 2 is 1.19 bits per heavy atom. The van der Waals surface area contributed by atoms with Gasteiger partial charge in [0.1, 0.15) is 5.60 Å². The molecule has 0 atom stereocenters. The summed E-state index contributed by atoms with van der Waals surface area (Å²) < 4.78 is 4.58. The normalized spacial score (nSPS) is 14.8. The van der Waals surface area contributed by atoms with E-state index in [1.165, 1.54) is 38.5 Å². The molecule has 0 aromatic heterocycles. The highest BCUT2D eigenvalue weighted by Gasteiger charge is 2.12. The summed E-state index contributed by atoms with van der Waals surface area (Å²) in [5.74, 6) is 0. The van der Waals surface area contributed by atoms with E-state index in [0.29, 0.717) is 0 Å². The predicted octanol–water partition coefficient (Wildman–Crippen LogP) is 4.25. The molecule has 3 nitrogen and oxygen atoms in total. The average molecular weight is 231 g/mol. The van der Waals surface area contributed by atoms with Crippen LogP contribution < -0.4 is 5.73 Å². The number of amides is 1. The summed E-state index contributed by atoms with van der Waals surface area (Å²) in [6, 6.07) is 0. The van der Waals surface area contributed by atoms with E-state index in [1.54, 1.807) is 20.8 Å². The molecular formula is C13H29NO2. The second-order valence-corrected chi connectivity index (χ2v) is 4.65. The van der Waals surface area contributed by atoms with Gasteiger partial charge < -0.3 is 10.5 Å². The van der Waals surface area contributed by atoms with Crippen LogP contribution in [0.4, 0.5) is 4.79 Å². The first-order valence-electron chi connectivity index (χ1n) is 6.40. The van der Waals surface area contributed by atoms with Crippen LogP contribution in [-0.4, -0.2) is 11.7 Å². The molecule has 0 aromatic carbocycles. The number of hydrogen-bond donors (Lipinski definition) is 1. The molecule has 2 N–H and O–H groups in total. The lowest BCUT2D eigenvalue weighted by Crippen LogP contribution is -2.27. The van der Waals surface area contributed by atoms with Gasteiger partial charge in [-0.2, -0.15) is 0 Å². The molecule has 1 aliphatic carbocycles. The van der Waals surface area contributed by atoms with Crippen molar-refractivity contribution in [2.75, 3.05) is 0 Å². The number of primary amides is 1. The van der Waals surface area contributed by atoms with Gasteiger partial charge in [-0.1, -0.05) is 52.4 Å². The van der Waals surface area contributed by atoms with Crippen LogP contribution in [-0.2, 0) is 4.74 Å². The molecule has 0 aliphatic heterocycles. The van der Waals surface area contributed by atoms with Gasteiger partial charge in [0, 0.05) is 0 Å². The Hall–Kier alpha value is -0.730. The van der Waals surface area contributed by atoms with Crippen LogP contribution >= 0.6 is 0 Å². The van der Waals surface area contributed by atoms with E-state index in [9.17, 15) is 4.79 Å². The lowest BCUT2D eigenvalue weighted by Gasteiger charge is -2.16. The zero-order valence-electron chi connectivity index (χ0n) is 11.6. The second-order valence-electron chi connectivity index (χ2n) is 4.65. The molecule has 1 rings (SSSR count). The molecule has 0 aromatic rings. The minimum atomic E-state index is -0.725. The minimum Gasteiger partial charge on any atom is -0.444 e. The third kappa shape index (κ3) is 18.9. The van der Waals surface area contributed by atoms with Crippen molar-refractivity contribution in [2.45, 2.75) is 78.7 Å². The molecule has 1 amide bonds. The van der Waals surface area contributed by atoms with Gasteiger partial charge in [-0.05, 0) is 20.8 Å². The van der Waals surface area contributed by atoms with Crippen LogP contribution in [0.2, 0.25) is 0 Å². The first-order valence-corrected chi connectivity index (χ1v) is 6.40. The summed E-state index contributed by atoms with van der Waals surface area (Å²) in [4.78, 5) is 10.0. The van der Waals surface area contributed by atoms with Crippen molar-refractivity contribution in [2.24, 2.45) is 5.73 Å². The summed E-state index contributed by atoms with van der Waals surface area (Å²) >= 11 is 0. The topological polar surface area (TPSA) is 52.3 Å². The zero-order chi connectivity index (χ0) is 13.0. The highest BCUT2D eigenvalue weighted by Crippen LogP contribution is 2.15. The van der Waals surface area contributed by atoms with E-state index in [-0.39, 0.29) is 0 Å². The van der Waals surface area contributed by atoms with Crippen molar-refractivity contribution in [3.63, 3.8) is 0 Å². The molecule has 0 spiro atoms. The first kappa shape index (κ1) is 17.7. The maximum absolute atomic E-state index is 10.0. The lowest BCUT2D eigenvalue weighted by atomic mass is 10.0. The number of hydrogen-bond acceptors (Lipinski definition) is 2. The Bertz CT molecular complexity index is 146. The summed E-state index contributed by atoms with van der Waals surface area (Å²) in [6.45, 7) is 9.28. The van der Waals surface area contributed by atoms with Crippen LogP contribution in [0, 0.1) is 0 Å². The summed E-state index contributed by atoms with van der Waals surface area (Å²) in [5, 5.41) is 0. The maximum Gasteiger partial charge on any atom is 0.405 e. The fraction of sp³-hybridized carbons (Fsp3) is 0.923. The third-order valence-corrected chi connectivity index (χ3v) is 1.91. The fourth-order valence-electron chi connectivity index (χ4n) is 1.36. The standard InChI is InChI=1S/C6H12.C5H11NO2.C2H6/c1-2-4-6-5-3-1;1-5(2,3)8-4(6)7;1-2/h1-6H2;1-3H3,(H2,6,7);1-2H3. The number of nitrogens with two attached hydrogens (primary N) is 1. The Labute approximate surface area is 101 Å². The molecule has 16 heavy (non-hydrogen) atoms. The largest absolute Gasteiger partial charge is 0.444 e. The van der Waals surface area contributed by atoms with Crippen molar-refractivity contribution in [1.82, 2.24) is 0 Å². The SMILES string of the molecule is C1CCCCC1.CC.CC(C)(C)OC(N)=O. The van der Waals surface area contributed by atoms with E-state index in [0.717, 1.165) is 0 Å². The second kappa shape index (κ2) is 10.8. The maximum atomic E-state index is 10.0. The molecule has 0 unspecified atom stereocenters. The molecule has 0 bridgehead atoms. The molecule has 1 aliphatic rings. The molecule has 3 heteroatoms. The van der Waals surface area contributed by atoms with Crippen LogP contribution in [0.25, 0.3) is 0 Å². The summed E-state index contributed by atoms with van der Waals surface area (Å²) in [7, 11) is 0. The van der Waals surface area contributed by atoms with Crippen LogP contribution in [0.15, 0.2) is 0 Å². The Morgan fingerprint density at radius 1 is 0.938 bits per heavy atom. The number of rotatable bonds is 0. The Kier molecular flexibility index (Phi) is 11.9. The van der Waals surface area contributed by atoms with Gasteiger partial charge in [-0.25, -0.2) is 4.79 Å². The summed E-state index contributed by atoms with van der Waals surface area (Å²) in [5.41, 5.74) is 4.26. The lowest BCUT2D eigenvalue weighted by molar-refractivity contribution is 0.0600. The average Bonchev–Trinajstić information content (AvgIpc) is 2.20. The fourth-order valence-corrected chi connectivity index (χ4v) is 1.36. The summed E-state index contributed by atoms with van der Waals surface area (Å²) in [6.07, 6.45) is 8.28. The quantitative estimate of drug-likeness (QED) is 0.677. The zero-order valence-corrected chi connectivity index (χ0v) is 11.6. The number of carbonyl (C=O) groups is 1. The van der Waals surface area contributed by atoms with E-state index < -0.39 is 11.7 Å². The molecule has 1 fully saturated rings. The van der Waals surface area contributed by atoms with Crippen molar-refractivity contribution < 1.29 is 9.53 Å². The minimum absolute atomic E-state index is 0.453. The van der Waals surface area contributed by atoms with E-state index in [4.69, 9.17) is 5.73 Å². The van der Waals surface area contributed by atoms with Gasteiger partial charge in [0.2, 0.25) is 0 Å². The third-order valence-electron chi connectivity index (χ3n) is 1.91. The molecule has 0 radical (unpaired) electrons. The first-order chi connectivity index (χ1) is 7.42. The molecular weight excluding hydrogens is 202 g/mol. The monoisotopic (exact) mass is 231 g/mol. The van der Waals surface area contributed by atoms with Crippen molar-refractivity contribution >= 4 is 6.09 Å². The van der Waals surface area contributed by atoms with Gasteiger partial charge in [0.05, 0.1) is 0 Å². The van der Waals surface area contributed by atoms with Crippen molar-refractivity contribution in [3.8, 4) is 0 Å². The molecule has 0 heterocycles. The number of ether oxygens (including phenoxy) is 1. The highest BCUT2D eigenvalue weighted by atomic mass is 16.6. The van der Waals surface area contributed by atoms with E-state index in [1.807, 2.05) is 13.8 Å². The van der Waals surface area contributed by atoms with Crippen LogP contribution in [0.1, 0.15) is 73.1 Å². The van der Waals surface area contributed by atoms with Crippen LogP contribution in [0.3, 0.4) is 0 Å². The van der Waals surface area contributed by atoms with Crippen molar-refractivity contribution in [1.29, 1.82) is 0 Å². The number of carbonyl (C=O) groups excluding carboxylic acids is 1. The Morgan fingerprint density at radius 3 is 1.25 bits per heavy atom. The van der Waals surface area contributed by atoms with Crippen molar-refractivity contribution in [3.05, 3.63) is 0 Å². The molecule has 1 saturated carbocycles. The van der Waals surface area contributed by atoms with Gasteiger partial charge in [-0.3, -0.25) is 0 Å². The Balaban J connectivity index is 0. The van der Waals surface area contributed by atoms with Gasteiger partial charge >= 0.3 is 6.09 Å². The molecule has 0 saturated heterocycles. The van der Waals surface area contributed by atoms with E-state index in [2.05, 4.69) is 4.74 Å². The van der Waals surface area contributed by atoms with Gasteiger partial charge in [0.25, 0.3) is 0 Å². The smallest absolute Gasteiger partial charge is 0.405 e. The van der Waals surface area contributed by atoms with E-state index >= 15 is 0 Å². The molecule has 98 valence electrons. The van der Waals surface area contributed by atoms with Crippen LogP contribution in [0.5, 0.6) is 0 Å². The van der Waals surface area contributed by atoms with Gasteiger partial charge in [-0.15, -0.1) is 0 Å².